The second-order valence-corrected chi connectivity index (χ2v) is 7.62. The summed E-state index contributed by atoms with van der Waals surface area (Å²) in [5.41, 5.74) is 2.08. The lowest BCUT2D eigenvalue weighted by atomic mass is 10.1. The zero-order valence-corrected chi connectivity index (χ0v) is 16.8. The zero-order valence-electron chi connectivity index (χ0n) is 14.5. The molecule has 0 aliphatic rings. The van der Waals surface area contributed by atoms with Crippen molar-refractivity contribution in [2.45, 2.75) is 19.4 Å². The van der Waals surface area contributed by atoms with Crippen LogP contribution < -0.4 is 10.6 Å². The molecular weight excluding hydrogens is 391 g/mol. The Hall–Kier alpha value is -1.69. The van der Waals surface area contributed by atoms with E-state index in [0.29, 0.717) is 17.1 Å². The summed E-state index contributed by atoms with van der Waals surface area (Å²) >= 11 is 13.6. The van der Waals surface area contributed by atoms with E-state index in [1.807, 2.05) is 37.4 Å². The van der Waals surface area contributed by atoms with Crippen LogP contribution >= 0.6 is 35.0 Å². The molecule has 0 aromatic heterocycles. The van der Waals surface area contributed by atoms with Crippen LogP contribution in [0.3, 0.4) is 0 Å². The van der Waals surface area contributed by atoms with Crippen LogP contribution in [0.2, 0.25) is 10.0 Å². The van der Waals surface area contributed by atoms with Gasteiger partial charge in [0.1, 0.15) is 6.04 Å². The Balaban J connectivity index is 2.11. The van der Waals surface area contributed by atoms with Crippen molar-refractivity contribution in [1.82, 2.24) is 5.32 Å². The van der Waals surface area contributed by atoms with Gasteiger partial charge in [0.05, 0.1) is 10.6 Å². The van der Waals surface area contributed by atoms with Gasteiger partial charge in [0.15, 0.2) is 0 Å². The Morgan fingerprint density at radius 1 is 1.12 bits per heavy atom. The number of halogens is 2. The first-order chi connectivity index (χ1) is 12.4. The largest absolute Gasteiger partial charge is 0.340 e. The maximum absolute atomic E-state index is 12.6. The molecule has 2 aromatic carbocycles. The van der Waals surface area contributed by atoms with Crippen molar-refractivity contribution in [2.24, 2.45) is 0 Å². The molecule has 2 rings (SSSR count). The van der Waals surface area contributed by atoms with Crippen LogP contribution in [0.15, 0.2) is 42.5 Å². The first-order valence-electron chi connectivity index (χ1n) is 8.03. The van der Waals surface area contributed by atoms with E-state index >= 15 is 0 Å². The normalized spacial score (nSPS) is 11.7. The number of carbonyl (C=O) groups is 2. The summed E-state index contributed by atoms with van der Waals surface area (Å²) in [5.74, 6) is 0.0684. The van der Waals surface area contributed by atoms with Crippen LogP contribution in [0.5, 0.6) is 0 Å². The van der Waals surface area contributed by atoms with Crippen molar-refractivity contribution in [1.29, 1.82) is 0 Å². The molecule has 2 aromatic rings. The number of carbonyl (C=O) groups excluding carboxylic acids is 2. The molecule has 26 heavy (non-hydrogen) atoms. The lowest BCUT2D eigenvalue weighted by Crippen LogP contribution is -2.44. The van der Waals surface area contributed by atoms with Crippen LogP contribution in [0.1, 0.15) is 22.3 Å². The van der Waals surface area contributed by atoms with Gasteiger partial charge in [-0.2, -0.15) is 11.8 Å². The monoisotopic (exact) mass is 410 g/mol. The second-order valence-electron chi connectivity index (χ2n) is 5.79. The fraction of sp³-hybridized carbons (Fsp3) is 0.263. The topological polar surface area (TPSA) is 58.2 Å². The van der Waals surface area contributed by atoms with Crippen molar-refractivity contribution in [3.63, 3.8) is 0 Å². The first-order valence-corrected chi connectivity index (χ1v) is 10.2. The summed E-state index contributed by atoms with van der Waals surface area (Å²) in [6.45, 7) is 1.98. The SMILES string of the molecule is CSCC[C@H](NC(=O)c1ccc(Cl)cc1Cl)C(=O)Nc1ccc(C)cc1. The summed E-state index contributed by atoms with van der Waals surface area (Å²) in [6.07, 6.45) is 2.46. The van der Waals surface area contributed by atoms with Gasteiger partial charge in [0, 0.05) is 10.7 Å². The highest BCUT2D eigenvalue weighted by atomic mass is 35.5. The summed E-state index contributed by atoms with van der Waals surface area (Å²) in [7, 11) is 0. The molecule has 138 valence electrons. The smallest absolute Gasteiger partial charge is 0.253 e. The first kappa shape index (κ1) is 20.6. The lowest BCUT2D eigenvalue weighted by molar-refractivity contribution is -0.118. The van der Waals surface area contributed by atoms with Crippen LogP contribution in [-0.4, -0.2) is 29.9 Å². The number of amides is 2. The number of nitrogens with one attached hydrogen (secondary N) is 2. The van der Waals surface area contributed by atoms with Gasteiger partial charge in [-0.3, -0.25) is 9.59 Å². The summed E-state index contributed by atoms with van der Waals surface area (Å²) in [4.78, 5) is 25.1. The Bertz CT molecular complexity index is 782. The molecule has 1 atom stereocenters. The third-order valence-electron chi connectivity index (χ3n) is 3.73. The summed E-state index contributed by atoms with van der Waals surface area (Å²) in [5, 5.41) is 6.30. The summed E-state index contributed by atoms with van der Waals surface area (Å²) < 4.78 is 0. The average molecular weight is 411 g/mol. The molecule has 2 amide bonds. The molecule has 0 radical (unpaired) electrons. The fourth-order valence-electron chi connectivity index (χ4n) is 2.28. The van der Waals surface area contributed by atoms with Gasteiger partial charge in [-0.05, 0) is 55.7 Å². The highest BCUT2D eigenvalue weighted by molar-refractivity contribution is 7.98. The molecule has 0 aliphatic carbocycles. The van der Waals surface area contributed by atoms with E-state index in [-0.39, 0.29) is 16.5 Å². The molecule has 0 saturated carbocycles. The molecule has 7 heteroatoms. The van der Waals surface area contributed by atoms with E-state index < -0.39 is 11.9 Å². The Morgan fingerprint density at radius 2 is 1.81 bits per heavy atom. The summed E-state index contributed by atoms with van der Waals surface area (Å²) in [6, 6.07) is 11.5. The van der Waals surface area contributed by atoms with Crippen molar-refractivity contribution in [2.75, 3.05) is 17.3 Å². The van der Waals surface area contributed by atoms with Crippen LogP contribution in [0.4, 0.5) is 5.69 Å². The van der Waals surface area contributed by atoms with Gasteiger partial charge in [-0.25, -0.2) is 0 Å². The van der Waals surface area contributed by atoms with Gasteiger partial charge < -0.3 is 10.6 Å². The molecular formula is C19H20Cl2N2O2S. The zero-order chi connectivity index (χ0) is 19.1. The average Bonchev–Trinajstić information content (AvgIpc) is 2.60. The van der Waals surface area contributed by atoms with Gasteiger partial charge in [-0.15, -0.1) is 0 Å². The molecule has 0 heterocycles. The van der Waals surface area contributed by atoms with Crippen LogP contribution in [0, 0.1) is 6.92 Å². The van der Waals surface area contributed by atoms with E-state index in [4.69, 9.17) is 23.2 Å². The number of hydrogen-bond acceptors (Lipinski definition) is 3. The third-order valence-corrected chi connectivity index (χ3v) is 4.92. The van der Waals surface area contributed by atoms with Crippen LogP contribution in [-0.2, 0) is 4.79 Å². The van der Waals surface area contributed by atoms with Gasteiger partial charge >= 0.3 is 0 Å². The van der Waals surface area contributed by atoms with Crippen molar-refractivity contribution in [3.8, 4) is 0 Å². The number of aryl methyl sites for hydroxylation is 1. The quantitative estimate of drug-likeness (QED) is 0.689. The van der Waals surface area contributed by atoms with E-state index in [1.54, 1.807) is 23.9 Å². The fourth-order valence-corrected chi connectivity index (χ4v) is 3.25. The van der Waals surface area contributed by atoms with Crippen molar-refractivity contribution >= 4 is 52.5 Å². The van der Waals surface area contributed by atoms with Crippen LogP contribution in [0.25, 0.3) is 0 Å². The second kappa shape index (κ2) is 9.86. The maximum Gasteiger partial charge on any atom is 0.253 e. The Labute approximate surface area is 167 Å². The van der Waals surface area contributed by atoms with Crippen molar-refractivity contribution < 1.29 is 9.59 Å². The highest BCUT2D eigenvalue weighted by Gasteiger charge is 2.22. The van der Waals surface area contributed by atoms with E-state index in [0.717, 1.165) is 11.3 Å². The van der Waals surface area contributed by atoms with E-state index in [2.05, 4.69) is 10.6 Å². The predicted molar refractivity (Wildman–Crippen MR) is 111 cm³/mol. The number of anilines is 1. The van der Waals surface area contributed by atoms with Crippen molar-refractivity contribution in [3.05, 3.63) is 63.6 Å². The number of rotatable bonds is 7. The molecule has 2 N–H and O–H groups in total. The minimum Gasteiger partial charge on any atom is -0.340 e. The standard InChI is InChI=1S/C19H20Cl2N2O2S/c1-12-3-6-14(7-4-12)22-19(25)17(9-10-26-2)23-18(24)15-8-5-13(20)11-16(15)21/h3-8,11,17H,9-10H2,1-2H3,(H,22,25)(H,23,24)/t17-/m0/s1. The number of thioether (sulfide) groups is 1. The molecule has 4 nitrogen and oxygen atoms in total. The van der Waals surface area contributed by atoms with E-state index in [9.17, 15) is 9.59 Å². The number of benzene rings is 2. The minimum absolute atomic E-state index is 0.248. The van der Waals surface area contributed by atoms with Gasteiger partial charge in [-0.1, -0.05) is 40.9 Å². The minimum atomic E-state index is -0.664. The lowest BCUT2D eigenvalue weighted by Gasteiger charge is -2.19. The third kappa shape index (κ3) is 5.94. The molecule has 0 bridgehead atoms. The predicted octanol–water partition coefficient (Wildman–Crippen LogP) is 4.79. The molecule has 0 aliphatic heterocycles. The Kier molecular flexibility index (Phi) is 7.82. The molecule has 0 spiro atoms. The van der Waals surface area contributed by atoms with Gasteiger partial charge in [0.2, 0.25) is 5.91 Å². The molecule has 0 unspecified atom stereocenters. The molecule has 0 saturated heterocycles. The Morgan fingerprint density at radius 3 is 2.42 bits per heavy atom. The highest BCUT2D eigenvalue weighted by Crippen LogP contribution is 2.21. The maximum atomic E-state index is 12.6. The van der Waals surface area contributed by atoms with Gasteiger partial charge in [0.25, 0.3) is 5.91 Å². The number of hydrogen-bond donors (Lipinski definition) is 2. The van der Waals surface area contributed by atoms with E-state index in [1.165, 1.54) is 6.07 Å². The molecule has 0 fully saturated rings.